The molecule has 0 fully saturated rings. The number of hydrogen-bond donors (Lipinski definition) is 2. The largest absolute Gasteiger partial charge is 0.416 e. The molecule has 8 heteroatoms. The quantitative estimate of drug-likeness (QED) is 0.813. The van der Waals surface area contributed by atoms with Gasteiger partial charge < -0.3 is 10.6 Å². The number of nitrogens with one attached hydrogen (secondary N) is 2. The van der Waals surface area contributed by atoms with Crippen LogP contribution in [0.25, 0.3) is 0 Å². The van der Waals surface area contributed by atoms with E-state index in [0.29, 0.717) is 11.8 Å². The summed E-state index contributed by atoms with van der Waals surface area (Å²) in [5.41, 5.74) is -0.902. The Morgan fingerprint density at radius 3 is 2.39 bits per heavy atom. The first-order valence-corrected chi connectivity index (χ1v) is 7.17. The van der Waals surface area contributed by atoms with Gasteiger partial charge in [-0.15, -0.1) is 0 Å². The third-order valence-electron chi connectivity index (χ3n) is 2.70. The summed E-state index contributed by atoms with van der Waals surface area (Å²) >= 11 is 5.95. The first-order chi connectivity index (χ1) is 10.5. The zero-order chi connectivity index (χ0) is 17.3. The van der Waals surface area contributed by atoms with Crippen molar-refractivity contribution in [2.24, 2.45) is 0 Å². The van der Waals surface area contributed by atoms with Crippen LogP contribution < -0.4 is 10.6 Å². The zero-order valence-electron chi connectivity index (χ0n) is 12.8. The van der Waals surface area contributed by atoms with Crippen LogP contribution in [-0.2, 0) is 6.18 Å². The predicted molar refractivity (Wildman–Crippen MR) is 85.1 cm³/mol. The molecule has 2 rings (SSSR count). The van der Waals surface area contributed by atoms with Crippen LogP contribution in [0.1, 0.15) is 26.3 Å². The number of rotatable bonds is 3. The van der Waals surface area contributed by atoms with Gasteiger partial charge in [0.05, 0.1) is 16.3 Å². The lowest BCUT2D eigenvalue weighted by atomic mass is 10.1. The van der Waals surface area contributed by atoms with Gasteiger partial charge in [0.15, 0.2) is 0 Å². The molecular weight excluding hydrogens is 329 g/mol. The number of alkyl halides is 3. The van der Waals surface area contributed by atoms with E-state index in [1.165, 1.54) is 12.3 Å². The summed E-state index contributed by atoms with van der Waals surface area (Å²) in [6.45, 7) is 5.83. The second-order valence-corrected chi connectivity index (χ2v) is 6.37. The molecule has 23 heavy (non-hydrogen) atoms. The van der Waals surface area contributed by atoms with E-state index < -0.39 is 11.7 Å². The fraction of sp³-hybridized carbons (Fsp3) is 0.333. The Morgan fingerprint density at radius 1 is 1.09 bits per heavy atom. The third kappa shape index (κ3) is 4.99. The van der Waals surface area contributed by atoms with Crippen molar-refractivity contribution in [1.29, 1.82) is 0 Å². The maximum atomic E-state index is 12.8. The lowest BCUT2D eigenvalue weighted by Crippen LogP contribution is -2.27. The van der Waals surface area contributed by atoms with Crippen LogP contribution in [0.5, 0.6) is 0 Å². The van der Waals surface area contributed by atoms with Gasteiger partial charge >= 0.3 is 6.18 Å². The summed E-state index contributed by atoms with van der Waals surface area (Å²) in [5.74, 6) is 0.707. The van der Waals surface area contributed by atoms with Crippen molar-refractivity contribution >= 4 is 29.1 Å². The summed E-state index contributed by atoms with van der Waals surface area (Å²) < 4.78 is 38.3. The molecule has 1 aromatic heterocycles. The van der Waals surface area contributed by atoms with Gasteiger partial charge in [-0.1, -0.05) is 11.6 Å². The Balaban J connectivity index is 2.27. The molecule has 0 amide bonds. The van der Waals surface area contributed by atoms with E-state index in [-0.39, 0.29) is 16.2 Å². The van der Waals surface area contributed by atoms with Crippen molar-refractivity contribution in [1.82, 2.24) is 9.97 Å². The van der Waals surface area contributed by atoms with Crippen LogP contribution in [-0.4, -0.2) is 15.5 Å². The van der Waals surface area contributed by atoms with Gasteiger partial charge in [0.2, 0.25) is 5.95 Å². The number of aromatic nitrogens is 2. The van der Waals surface area contributed by atoms with Crippen LogP contribution >= 0.6 is 11.6 Å². The molecule has 1 heterocycles. The smallest absolute Gasteiger partial charge is 0.350 e. The van der Waals surface area contributed by atoms with Gasteiger partial charge in [-0.3, -0.25) is 0 Å². The number of nitrogens with zero attached hydrogens (tertiary/aromatic N) is 2. The van der Waals surface area contributed by atoms with Gasteiger partial charge in [0, 0.05) is 11.7 Å². The maximum absolute atomic E-state index is 12.8. The van der Waals surface area contributed by atoms with Crippen LogP contribution in [0.4, 0.5) is 30.6 Å². The highest BCUT2D eigenvalue weighted by Crippen LogP contribution is 2.34. The Hall–Kier alpha value is -2.02. The molecule has 2 N–H and O–H groups in total. The van der Waals surface area contributed by atoms with E-state index >= 15 is 0 Å². The number of benzene rings is 1. The summed E-state index contributed by atoms with van der Waals surface area (Å²) in [7, 11) is 0. The molecule has 124 valence electrons. The Kier molecular flexibility index (Phi) is 4.70. The first kappa shape index (κ1) is 17.3. The number of halogens is 4. The van der Waals surface area contributed by atoms with Gasteiger partial charge in [-0.2, -0.15) is 18.2 Å². The van der Waals surface area contributed by atoms with Crippen molar-refractivity contribution in [2.75, 3.05) is 10.6 Å². The van der Waals surface area contributed by atoms with E-state index in [0.717, 1.165) is 12.1 Å². The van der Waals surface area contributed by atoms with Crippen LogP contribution in [0.3, 0.4) is 0 Å². The molecule has 0 atom stereocenters. The zero-order valence-corrected chi connectivity index (χ0v) is 13.5. The maximum Gasteiger partial charge on any atom is 0.416 e. The van der Waals surface area contributed by atoms with Gasteiger partial charge in [-0.05, 0) is 45.0 Å². The van der Waals surface area contributed by atoms with E-state index in [4.69, 9.17) is 11.6 Å². The molecule has 0 spiro atoms. The van der Waals surface area contributed by atoms with E-state index in [1.807, 2.05) is 20.8 Å². The lowest BCUT2D eigenvalue weighted by Gasteiger charge is -2.20. The molecule has 1 aromatic carbocycles. The summed E-state index contributed by atoms with van der Waals surface area (Å²) in [6, 6.07) is 4.62. The Morgan fingerprint density at radius 2 is 1.78 bits per heavy atom. The molecule has 2 aromatic rings. The van der Waals surface area contributed by atoms with Crippen molar-refractivity contribution < 1.29 is 13.2 Å². The normalized spacial score (nSPS) is 12.1. The summed E-state index contributed by atoms with van der Waals surface area (Å²) in [5, 5.41) is 6.04. The highest BCUT2D eigenvalue weighted by molar-refractivity contribution is 6.33. The highest BCUT2D eigenvalue weighted by atomic mass is 35.5. The molecule has 0 saturated carbocycles. The van der Waals surface area contributed by atoms with Crippen LogP contribution in [0, 0.1) is 0 Å². The Bertz CT molecular complexity index is 696. The topological polar surface area (TPSA) is 49.8 Å². The third-order valence-corrected chi connectivity index (χ3v) is 3.03. The average molecular weight is 345 g/mol. The molecule has 0 aliphatic carbocycles. The molecule has 0 aliphatic heterocycles. The van der Waals surface area contributed by atoms with Crippen molar-refractivity contribution in [2.45, 2.75) is 32.5 Å². The number of anilines is 3. The second-order valence-electron chi connectivity index (χ2n) is 5.96. The molecule has 0 aliphatic rings. The minimum Gasteiger partial charge on any atom is -0.350 e. The van der Waals surface area contributed by atoms with Crippen molar-refractivity contribution in [3.63, 3.8) is 0 Å². The summed E-state index contributed by atoms with van der Waals surface area (Å²) in [4.78, 5) is 8.28. The van der Waals surface area contributed by atoms with Gasteiger partial charge in [0.25, 0.3) is 0 Å². The van der Waals surface area contributed by atoms with E-state index in [2.05, 4.69) is 20.6 Å². The average Bonchev–Trinajstić information content (AvgIpc) is 2.38. The number of hydrogen-bond acceptors (Lipinski definition) is 4. The summed E-state index contributed by atoms with van der Waals surface area (Å²) in [6.07, 6.45) is -2.93. The molecule has 0 radical (unpaired) electrons. The highest BCUT2D eigenvalue weighted by Gasteiger charge is 2.31. The first-order valence-electron chi connectivity index (χ1n) is 6.79. The Labute approximate surface area is 137 Å². The predicted octanol–water partition coefficient (Wildman–Crippen LogP) is 5.10. The van der Waals surface area contributed by atoms with Gasteiger partial charge in [0.1, 0.15) is 5.82 Å². The van der Waals surface area contributed by atoms with Gasteiger partial charge in [-0.25, -0.2) is 4.98 Å². The SMILES string of the molecule is CC(C)(C)Nc1nccc(Nc2cc(C(F)(F)F)ccc2Cl)n1. The second kappa shape index (κ2) is 6.23. The molecule has 4 nitrogen and oxygen atoms in total. The lowest BCUT2D eigenvalue weighted by molar-refractivity contribution is -0.137. The van der Waals surface area contributed by atoms with Crippen LogP contribution in [0.15, 0.2) is 30.5 Å². The monoisotopic (exact) mass is 344 g/mol. The fourth-order valence-electron chi connectivity index (χ4n) is 1.76. The van der Waals surface area contributed by atoms with Crippen molar-refractivity contribution in [3.05, 3.63) is 41.0 Å². The van der Waals surface area contributed by atoms with Crippen LogP contribution in [0.2, 0.25) is 5.02 Å². The molecule has 0 saturated heterocycles. The standard InChI is InChI=1S/C15H16ClF3N4/c1-14(2,3)23-13-20-7-6-12(22-13)21-11-8-9(15(17,18)19)4-5-10(11)16/h4-8H,1-3H3,(H2,20,21,22,23). The van der Waals surface area contributed by atoms with Crippen molar-refractivity contribution in [3.8, 4) is 0 Å². The minimum atomic E-state index is -4.44. The molecule has 0 unspecified atom stereocenters. The van der Waals surface area contributed by atoms with E-state index in [1.54, 1.807) is 6.07 Å². The molecular formula is C15H16ClF3N4. The van der Waals surface area contributed by atoms with E-state index in [9.17, 15) is 13.2 Å². The molecule has 0 bridgehead atoms. The minimum absolute atomic E-state index is 0.127. The fourth-order valence-corrected chi connectivity index (χ4v) is 1.92.